The topological polar surface area (TPSA) is 46.9 Å². The van der Waals surface area contributed by atoms with Gasteiger partial charge in [-0.2, -0.15) is 17.7 Å². The van der Waals surface area contributed by atoms with Crippen LogP contribution in [0.1, 0.15) is 19.9 Å². The second kappa shape index (κ2) is 4.32. The van der Waals surface area contributed by atoms with Crippen LogP contribution in [0.25, 0.3) is 0 Å². The van der Waals surface area contributed by atoms with E-state index in [-0.39, 0.29) is 11.7 Å². The average Bonchev–Trinajstić information content (AvgIpc) is 2.52. The van der Waals surface area contributed by atoms with Crippen molar-refractivity contribution in [2.75, 3.05) is 11.1 Å². The second-order valence-corrected chi connectivity index (χ2v) is 3.33. The van der Waals surface area contributed by atoms with E-state index in [0.717, 1.165) is 0 Å². The normalized spacial score (nSPS) is 10.5. The molecule has 4 nitrogen and oxygen atoms in total. The van der Waals surface area contributed by atoms with Gasteiger partial charge in [-0.25, -0.2) is 0 Å². The molecule has 1 amide bonds. The zero-order chi connectivity index (χ0) is 9.84. The maximum absolute atomic E-state index is 10.9. The smallest absolute Gasteiger partial charge is 0.234 e. The van der Waals surface area contributed by atoms with Crippen molar-refractivity contribution >= 4 is 24.2 Å². The molecule has 0 aliphatic heterocycles. The first-order chi connectivity index (χ1) is 6.13. The first-order valence-corrected chi connectivity index (χ1v) is 4.71. The van der Waals surface area contributed by atoms with Crippen LogP contribution in [0.3, 0.4) is 0 Å². The SMILES string of the molecule is CC(C)n1cc(NC(=O)CS)cn1. The Morgan fingerprint density at radius 3 is 2.92 bits per heavy atom. The Balaban J connectivity index is 2.64. The Labute approximate surface area is 82.7 Å². The number of anilines is 1. The molecular weight excluding hydrogens is 186 g/mol. The van der Waals surface area contributed by atoms with Gasteiger partial charge in [0.15, 0.2) is 0 Å². The lowest BCUT2D eigenvalue weighted by Gasteiger charge is -2.03. The van der Waals surface area contributed by atoms with Gasteiger partial charge in [0.1, 0.15) is 0 Å². The first-order valence-electron chi connectivity index (χ1n) is 4.08. The van der Waals surface area contributed by atoms with Crippen LogP contribution in [0.15, 0.2) is 12.4 Å². The summed E-state index contributed by atoms with van der Waals surface area (Å²) >= 11 is 3.85. The number of carbonyl (C=O) groups excluding carboxylic acids is 1. The number of amides is 1. The molecule has 1 heterocycles. The summed E-state index contributed by atoms with van der Waals surface area (Å²) < 4.78 is 1.79. The molecule has 0 saturated carbocycles. The average molecular weight is 199 g/mol. The van der Waals surface area contributed by atoms with Gasteiger partial charge >= 0.3 is 0 Å². The number of aromatic nitrogens is 2. The number of rotatable bonds is 3. The maximum Gasteiger partial charge on any atom is 0.234 e. The van der Waals surface area contributed by atoms with Gasteiger partial charge in [0.05, 0.1) is 17.6 Å². The molecule has 0 bridgehead atoms. The van der Waals surface area contributed by atoms with Gasteiger partial charge in [0, 0.05) is 12.2 Å². The number of hydrogen-bond donors (Lipinski definition) is 2. The Morgan fingerprint density at radius 2 is 2.46 bits per heavy atom. The van der Waals surface area contributed by atoms with Crippen molar-refractivity contribution in [2.24, 2.45) is 0 Å². The minimum atomic E-state index is -0.119. The van der Waals surface area contributed by atoms with E-state index in [0.29, 0.717) is 11.7 Å². The van der Waals surface area contributed by atoms with Crippen molar-refractivity contribution in [2.45, 2.75) is 19.9 Å². The van der Waals surface area contributed by atoms with Crippen molar-refractivity contribution in [3.05, 3.63) is 12.4 Å². The molecule has 0 saturated heterocycles. The highest BCUT2D eigenvalue weighted by molar-refractivity contribution is 7.81. The minimum absolute atomic E-state index is 0.119. The highest BCUT2D eigenvalue weighted by Gasteiger charge is 2.03. The largest absolute Gasteiger partial charge is 0.323 e. The Morgan fingerprint density at radius 1 is 1.77 bits per heavy atom. The molecule has 0 fully saturated rings. The summed E-state index contributed by atoms with van der Waals surface area (Å²) in [5.41, 5.74) is 0.716. The lowest BCUT2D eigenvalue weighted by Crippen LogP contribution is -2.12. The molecule has 1 N–H and O–H groups in total. The minimum Gasteiger partial charge on any atom is -0.323 e. The van der Waals surface area contributed by atoms with E-state index < -0.39 is 0 Å². The van der Waals surface area contributed by atoms with Crippen LogP contribution in [-0.4, -0.2) is 21.4 Å². The van der Waals surface area contributed by atoms with E-state index in [9.17, 15) is 4.79 Å². The van der Waals surface area contributed by atoms with E-state index in [2.05, 4.69) is 23.0 Å². The second-order valence-electron chi connectivity index (χ2n) is 3.01. The summed E-state index contributed by atoms with van der Waals surface area (Å²) in [6.07, 6.45) is 3.42. The number of carbonyl (C=O) groups is 1. The van der Waals surface area contributed by atoms with Crippen LogP contribution in [0.4, 0.5) is 5.69 Å². The highest BCUT2D eigenvalue weighted by atomic mass is 32.1. The van der Waals surface area contributed by atoms with E-state index in [4.69, 9.17) is 0 Å². The molecule has 13 heavy (non-hydrogen) atoms. The summed E-state index contributed by atoms with van der Waals surface area (Å²) in [5, 5.41) is 6.75. The van der Waals surface area contributed by atoms with Crippen molar-refractivity contribution in [3.63, 3.8) is 0 Å². The van der Waals surface area contributed by atoms with Crippen LogP contribution in [0, 0.1) is 0 Å². The van der Waals surface area contributed by atoms with Crippen LogP contribution >= 0.6 is 12.6 Å². The molecule has 0 aliphatic carbocycles. The molecule has 0 radical (unpaired) electrons. The quantitative estimate of drug-likeness (QED) is 0.721. The Bertz CT molecular complexity index is 295. The van der Waals surface area contributed by atoms with E-state index >= 15 is 0 Å². The van der Waals surface area contributed by atoms with Gasteiger partial charge < -0.3 is 5.32 Å². The number of nitrogens with one attached hydrogen (secondary N) is 1. The Kier molecular flexibility index (Phi) is 3.36. The zero-order valence-electron chi connectivity index (χ0n) is 7.69. The molecule has 0 aromatic carbocycles. The lowest BCUT2D eigenvalue weighted by atomic mass is 10.4. The third-order valence-corrected chi connectivity index (χ3v) is 1.85. The first kappa shape index (κ1) is 10.1. The van der Waals surface area contributed by atoms with Crippen molar-refractivity contribution < 1.29 is 4.79 Å². The molecule has 0 atom stereocenters. The van der Waals surface area contributed by atoms with Crippen LogP contribution in [0.2, 0.25) is 0 Å². The van der Waals surface area contributed by atoms with Crippen LogP contribution in [0.5, 0.6) is 0 Å². The summed E-state index contributed by atoms with van der Waals surface area (Å²) in [4.78, 5) is 10.9. The molecule has 0 aliphatic rings. The monoisotopic (exact) mass is 199 g/mol. The molecule has 0 unspecified atom stereocenters. The summed E-state index contributed by atoms with van der Waals surface area (Å²) in [6, 6.07) is 0.307. The molecule has 1 rings (SSSR count). The summed E-state index contributed by atoms with van der Waals surface area (Å²) in [7, 11) is 0. The molecule has 72 valence electrons. The molecule has 5 heteroatoms. The summed E-state index contributed by atoms with van der Waals surface area (Å²) in [5.74, 6) is 0.0685. The fraction of sp³-hybridized carbons (Fsp3) is 0.500. The van der Waals surface area contributed by atoms with Gasteiger partial charge in [0.25, 0.3) is 0 Å². The number of hydrogen-bond acceptors (Lipinski definition) is 3. The highest BCUT2D eigenvalue weighted by Crippen LogP contribution is 2.09. The van der Waals surface area contributed by atoms with E-state index in [1.54, 1.807) is 17.1 Å². The third-order valence-electron chi connectivity index (χ3n) is 1.56. The zero-order valence-corrected chi connectivity index (χ0v) is 8.58. The summed E-state index contributed by atoms with van der Waals surface area (Å²) in [6.45, 7) is 4.05. The predicted octanol–water partition coefficient (Wildman–Crippen LogP) is 1.33. The van der Waals surface area contributed by atoms with Crippen LogP contribution < -0.4 is 5.32 Å². The van der Waals surface area contributed by atoms with E-state index in [1.807, 2.05) is 13.8 Å². The van der Waals surface area contributed by atoms with Gasteiger partial charge in [-0.15, -0.1) is 0 Å². The molecule has 1 aromatic rings. The fourth-order valence-electron chi connectivity index (χ4n) is 0.886. The predicted molar refractivity (Wildman–Crippen MR) is 55.1 cm³/mol. The van der Waals surface area contributed by atoms with Gasteiger partial charge in [-0.3, -0.25) is 9.48 Å². The fourth-order valence-corrected chi connectivity index (χ4v) is 0.965. The molecular formula is C8H13N3OS. The van der Waals surface area contributed by atoms with Gasteiger partial charge in [-0.05, 0) is 13.8 Å². The van der Waals surface area contributed by atoms with Crippen molar-refractivity contribution in [1.82, 2.24) is 9.78 Å². The maximum atomic E-state index is 10.9. The Hall–Kier alpha value is -0.970. The molecule has 0 spiro atoms. The van der Waals surface area contributed by atoms with Crippen molar-refractivity contribution in [3.8, 4) is 0 Å². The molecule has 1 aromatic heterocycles. The standard InChI is InChI=1S/C8H13N3OS/c1-6(2)11-4-7(3-9-11)10-8(12)5-13/h3-4,6,13H,5H2,1-2H3,(H,10,12). The number of thiol groups is 1. The van der Waals surface area contributed by atoms with Gasteiger partial charge in [-0.1, -0.05) is 0 Å². The third kappa shape index (κ3) is 2.77. The van der Waals surface area contributed by atoms with Gasteiger partial charge in [0.2, 0.25) is 5.91 Å². The van der Waals surface area contributed by atoms with Crippen LogP contribution in [-0.2, 0) is 4.79 Å². The lowest BCUT2D eigenvalue weighted by molar-refractivity contribution is -0.113. The van der Waals surface area contributed by atoms with Crippen molar-refractivity contribution in [1.29, 1.82) is 0 Å². The van der Waals surface area contributed by atoms with E-state index in [1.165, 1.54) is 0 Å². The number of nitrogens with zero attached hydrogens (tertiary/aromatic N) is 2.